The average molecular weight is 655 g/mol. The fourth-order valence-electron chi connectivity index (χ4n) is 11.8. The zero-order chi connectivity index (χ0) is 32.2. The lowest BCUT2D eigenvalue weighted by atomic mass is 9.77. The minimum absolute atomic E-state index is 0.302. The smallest absolute Gasteiger partial charge is 0.124 e. The average Bonchev–Trinajstić information content (AvgIpc) is 3.97. The molecule has 254 valence electrons. The number of hydrogen-bond donors (Lipinski definition) is 4. The van der Waals surface area contributed by atoms with Crippen LogP contribution < -0.4 is 10.6 Å². The van der Waals surface area contributed by atoms with E-state index < -0.39 is 0 Å². The Morgan fingerprint density at radius 1 is 0.633 bits per heavy atom. The molecule has 3 saturated heterocycles. The van der Waals surface area contributed by atoms with E-state index in [0.717, 1.165) is 63.0 Å². The maximum absolute atomic E-state index is 5.94. The van der Waals surface area contributed by atoms with Crippen LogP contribution in [0, 0.1) is 16.7 Å². The second-order valence-electron chi connectivity index (χ2n) is 17.2. The Morgan fingerprint density at radius 2 is 1.22 bits per heavy atom. The fourth-order valence-corrected chi connectivity index (χ4v) is 11.8. The number of fused-ring (bicyclic) bond motifs is 4. The molecule has 2 saturated carbocycles. The van der Waals surface area contributed by atoms with E-state index in [0.29, 0.717) is 29.0 Å². The fraction of sp³-hybridized carbons (Fsp3) is 0.571. The lowest BCUT2D eigenvalue weighted by Crippen LogP contribution is -2.30. The molecular weight excluding hydrogens is 605 g/mol. The number of hydrogen-bond acceptors (Lipinski definition) is 5. The summed E-state index contributed by atoms with van der Waals surface area (Å²) in [6, 6.07) is 11.3. The van der Waals surface area contributed by atoms with Crippen LogP contribution in [0.4, 0.5) is 0 Å². The molecule has 2 aromatic carbocycles. The summed E-state index contributed by atoms with van der Waals surface area (Å²) in [5.41, 5.74) is 15.2. The Bertz CT molecular complexity index is 1920. The molecule has 2 aromatic heterocycles. The van der Waals surface area contributed by atoms with Crippen molar-refractivity contribution < 1.29 is 4.74 Å². The van der Waals surface area contributed by atoms with E-state index in [1.807, 2.05) is 0 Å². The zero-order valence-corrected chi connectivity index (χ0v) is 28.8. The van der Waals surface area contributed by atoms with Gasteiger partial charge >= 0.3 is 0 Å². The molecule has 7 heteroatoms. The molecule has 7 nitrogen and oxygen atoms in total. The van der Waals surface area contributed by atoms with Gasteiger partial charge in [-0.15, -0.1) is 0 Å². The third-order valence-electron chi connectivity index (χ3n) is 14.4. The van der Waals surface area contributed by atoms with Crippen LogP contribution >= 0.6 is 0 Å². The summed E-state index contributed by atoms with van der Waals surface area (Å²) in [7, 11) is 0. The normalized spacial score (nSPS) is 29.1. The summed E-state index contributed by atoms with van der Waals surface area (Å²) in [5, 5.41) is 7.50. The molecule has 4 aliphatic carbocycles. The summed E-state index contributed by atoms with van der Waals surface area (Å²) in [6.07, 6.45) is 23.1. The number of piperidine rings is 1. The molecule has 2 spiro atoms. The zero-order valence-electron chi connectivity index (χ0n) is 28.8. The van der Waals surface area contributed by atoms with E-state index in [2.05, 4.69) is 57.3 Å². The minimum Gasteiger partial charge on any atom is -0.381 e. The van der Waals surface area contributed by atoms with Crippen LogP contribution in [0.5, 0.6) is 0 Å². The molecule has 0 radical (unpaired) electrons. The van der Waals surface area contributed by atoms with Crippen molar-refractivity contribution in [3.8, 4) is 33.6 Å². The van der Waals surface area contributed by atoms with Gasteiger partial charge in [-0.25, -0.2) is 9.97 Å². The molecule has 0 amide bonds. The van der Waals surface area contributed by atoms with Gasteiger partial charge in [-0.1, -0.05) is 37.1 Å². The lowest BCUT2D eigenvalue weighted by molar-refractivity contribution is 0.0199. The van der Waals surface area contributed by atoms with Crippen LogP contribution in [-0.4, -0.2) is 45.7 Å². The van der Waals surface area contributed by atoms with Gasteiger partial charge in [-0.2, -0.15) is 0 Å². The van der Waals surface area contributed by atoms with E-state index >= 15 is 0 Å². The number of ether oxygens (including phenoxy) is 1. The predicted molar refractivity (Wildman–Crippen MR) is 192 cm³/mol. The van der Waals surface area contributed by atoms with Crippen LogP contribution in [0.15, 0.2) is 36.7 Å². The maximum atomic E-state index is 5.94. The van der Waals surface area contributed by atoms with Gasteiger partial charge in [0.25, 0.3) is 0 Å². The van der Waals surface area contributed by atoms with E-state index in [9.17, 15) is 0 Å². The molecule has 2 bridgehead atoms. The van der Waals surface area contributed by atoms with Crippen molar-refractivity contribution in [1.82, 2.24) is 30.6 Å². The Labute approximate surface area is 289 Å². The number of nitrogens with one attached hydrogen (secondary N) is 4. The van der Waals surface area contributed by atoms with Gasteiger partial charge in [0.2, 0.25) is 0 Å². The monoisotopic (exact) mass is 654 g/mol. The Balaban J connectivity index is 1.02. The van der Waals surface area contributed by atoms with E-state index in [1.165, 1.54) is 104 Å². The first kappa shape index (κ1) is 29.5. The number of nitrogens with zero attached hydrogens (tertiary/aromatic N) is 2. The van der Waals surface area contributed by atoms with Crippen molar-refractivity contribution in [2.45, 2.75) is 114 Å². The van der Waals surface area contributed by atoms with Crippen molar-refractivity contribution in [1.29, 1.82) is 0 Å². The minimum atomic E-state index is 0.302. The molecule has 5 fully saturated rings. The second kappa shape index (κ2) is 11.1. The van der Waals surface area contributed by atoms with E-state index in [4.69, 9.17) is 14.7 Å². The first-order chi connectivity index (χ1) is 24.1. The molecule has 4 N–H and O–H groups in total. The van der Waals surface area contributed by atoms with Gasteiger partial charge in [0.15, 0.2) is 0 Å². The van der Waals surface area contributed by atoms with Gasteiger partial charge in [0.1, 0.15) is 11.6 Å². The van der Waals surface area contributed by atoms with E-state index in [-0.39, 0.29) is 0 Å². The Morgan fingerprint density at radius 3 is 1.82 bits per heavy atom. The quantitative estimate of drug-likeness (QED) is 0.176. The number of benzene rings is 2. The standard InChI is InChI=1S/C42H50N6O/c1-2-12-41(11-1)19-31-27(7-9-29(33(31)21-41)36-23-44-39(47-36)35-4-3-15-43-35)28-8-10-30(34-22-42(20-32(28)34)13-16-49-17-14-42)37-24-45-40(48-37)38-25-5-6-26(18-25)46-38/h7-10,23-26,35,38,43,46H,1-6,11-22H2,(H,44,47)(H,45,48). The molecule has 7 aliphatic rings. The summed E-state index contributed by atoms with van der Waals surface area (Å²) in [6.45, 7) is 2.86. The molecule has 11 rings (SSSR count). The molecule has 3 aliphatic heterocycles. The van der Waals surface area contributed by atoms with Gasteiger partial charge in [0, 0.05) is 30.4 Å². The Kier molecular flexibility index (Phi) is 6.69. The van der Waals surface area contributed by atoms with E-state index in [1.54, 1.807) is 22.3 Å². The highest BCUT2D eigenvalue weighted by atomic mass is 16.5. The topological polar surface area (TPSA) is 90.6 Å². The van der Waals surface area contributed by atoms with Gasteiger partial charge in [0.05, 0.1) is 35.9 Å². The highest BCUT2D eigenvalue weighted by molar-refractivity contribution is 5.83. The number of rotatable bonds is 5. The predicted octanol–water partition coefficient (Wildman–Crippen LogP) is 7.93. The molecule has 4 aromatic rings. The highest BCUT2D eigenvalue weighted by Crippen LogP contribution is 2.55. The number of H-pyrrole nitrogens is 2. The number of aromatic amines is 2. The molecular formula is C42H50N6O. The SMILES string of the molecule is c1nc(C2CCCN2)[nH]c1-c1ccc(-c2ccc(-c3cnc(C4NC5CCC4C5)[nH]3)c3c2CC2(CCOCC2)C3)c2c1CC1(CCCC1)C2. The van der Waals surface area contributed by atoms with Crippen molar-refractivity contribution in [2.24, 2.45) is 16.7 Å². The van der Waals surface area contributed by atoms with Gasteiger partial charge < -0.3 is 25.3 Å². The second-order valence-corrected chi connectivity index (χ2v) is 17.2. The first-order valence-corrected chi connectivity index (χ1v) is 19.6. The summed E-state index contributed by atoms with van der Waals surface area (Å²) < 4.78 is 5.94. The van der Waals surface area contributed by atoms with Crippen LogP contribution in [0.25, 0.3) is 33.6 Å². The van der Waals surface area contributed by atoms with Crippen LogP contribution in [0.2, 0.25) is 0 Å². The highest BCUT2D eigenvalue weighted by Gasteiger charge is 2.45. The van der Waals surface area contributed by atoms with Crippen molar-refractivity contribution in [3.63, 3.8) is 0 Å². The van der Waals surface area contributed by atoms with Crippen LogP contribution in [0.3, 0.4) is 0 Å². The molecule has 5 heterocycles. The molecule has 49 heavy (non-hydrogen) atoms. The van der Waals surface area contributed by atoms with Crippen LogP contribution in [0.1, 0.15) is 117 Å². The Hall–Kier alpha value is -3.26. The molecule has 4 unspecified atom stereocenters. The molecule has 4 atom stereocenters. The van der Waals surface area contributed by atoms with Gasteiger partial charge in [-0.05, 0) is 140 Å². The lowest BCUT2D eigenvalue weighted by Gasteiger charge is -2.33. The van der Waals surface area contributed by atoms with Crippen molar-refractivity contribution in [2.75, 3.05) is 19.8 Å². The van der Waals surface area contributed by atoms with Crippen molar-refractivity contribution >= 4 is 0 Å². The summed E-state index contributed by atoms with van der Waals surface area (Å²) in [5.74, 6) is 2.97. The number of imidazole rings is 2. The largest absolute Gasteiger partial charge is 0.381 e. The third kappa shape index (κ3) is 4.71. The maximum Gasteiger partial charge on any atom is 0.124 e. The third-order valence-corrected chi connectivity index (χ3v) is 14.4. The van der Waals surface area contributed by atoms with Crippen LogP contribution in [-0.2, 0) is 30.4 Å². The number of aromatic nitrogens is 4. The van der Waals surface area contributed by atoms with Crippen molar-refractivity contribution in [3.05, 3.63) is 70.6 Å². The first-order valence-electron chi connectivity index (χ1n) is 19.6. The summed E-state index contributed by atoms with van der Waals surface area (Å²) in [4.78, 5) is 17.5. The van der Waals surface area contributed by atoms with Gasteiger partial charge in [-0.3, -0.25) is 0 Å². The summed E-state index contributed by atoms with van der Waals surface area (Å²) >= 11 is 0.